The average molecular weight is 351 g/mol. The standard InChI is InChI=1S/C16H19ClN4OS/c17-16-19-10-12(23-16)9-18-13-5-1-2-6-14(13)20-15(22)11-21-7-3-4-8-21/h1-2,5-6,10,18H,3-4,7-9,11H2,(H,20,22). The molecule has 2 heterocycles. The number of anilines is 2. The third-order valence-corrected chi connectivity index (χ3v) is 4.86. The lowest BCUT2D eigenvalue weighted by molar-refractivity contribution is -0.117. The molecule has 5 nitrogen and oxygen atoms in total. The topological polar surface area (TPSA) is 57.3 Å². The molecule has 0 radical (unpaired) electrons. The van der Waals surface area contributed by atoms with Gasteiger partial charge in [0.05, 0.1) is 24.5 Å². The highest BCUT2D eigenvalue weighted by Gasteiger charge is 2.15. The molecule has 2 N–H and O–H groups in total. The van der Waals surface area contributed by atoms with Gasteiger partial charge in [-0.3, -0.25) is 9.69 Å². The molecule has 0 spiro atoms. The van der Waals surface area contributed by atoms with Gasteiger partial charge in [-0.25, -0.2) is 4.98 Å². The van der Waals surface area contributed by atoms with Gasteiger partial charge in [-0.2, -0.15) is 0 Å². The number of amides is 1. The Morgan fingerprint density at radius 3 is 2.70 bits per heavy atom. The second-order valence-corrected chi connectivity index (χ2v) is 7.21. The molecule has 0 atom stereocenters. The number of hydrogen-bond donors (Lipinski definition) is 2. The highest BCUT2D eigenvalue weighted by Crippen LogP contribution is 2.24. The number of carbonyl (C=O) groups is 1. The summed E-state index contributed by atoms with van der Waals surface area (Å²) in [5, 5.41) is 6.32. The molecule has 7 heteroatoms. The summed E-state index contributed by atoms with van der Waals surface area (Å²) in [5.74, 6) is 0.0296. The zero-order valence-electron chi connectivity index (χ0n) is 12.7. The van der Waals surface area contributed by atoms with E-state index in [1.165, 1.54) is 24.2 Å². The van der Waals surface area contributed by atoms with E-state index in [0.717, 1.165) is 29.3 Å². The van der Waals surface area contributed by atoms with E-state index in [2.05, 4.69) is 20.5 Å². The van der Waals surface area contributed by atoms with Crippen LogP contribution in [0.4, 0.5) is 11.4 Å². The van der Waals surface area contributed by atoms with Gasteiger partial charge in [0.15, 0.2) is 4.47 Å². The number of aromatic nitrogens is 1. The lowest BCUT2D eigenvalue weighted by Crippen LogP contribution is -2.31. The normalized spacial score (nSPS) is 14.8. The monoisotopic (exact) mass is 350 g/mol. The van der Waals surface area contributed by atoms with E-state index < -0.39 is 0 Å². The SMILES string of the molecule is O=C(CN1CCCC1)Nc1ccccc1NCc1cnc(Cl)s1. The van der Waals surface area contributed by atoms with Crippen LogP contribution in [0.1, 0.15) is 17.7 Å². The maximum atomic E-state index is 12.2. The molecule has 1 aromatic carbocycles. The van der Waals surface area contributed by atoms with E-state index in [-0.39, 0.29) is 5.91 Å². The number of halogens is 1. The van der Waals surface area contributed by atoms with Crippen LogP contribution in [0.3, 0.4) is 0 Å². The molecule has 0 saturated carbocycles. The first-order valence-corrected chi connectivity index (χ1v) is 8.85. The molecule has 1 fully saturated rings. The predicted molar refractivity (Wildman–Crippen MR) is 95.2 cm³/mol. The van der Waals surface area contributed by atoms with E-state index in [1.807, 2.05) is 24.3 Å². The lowest BCUT2D eigenvalue weighted by atomic mass is 10.2. The molecular weight excluding hydrogens is 332 g/mol. The molecule has 1 amide bonds. The number of likely N-dealkylation sites (tertiary alicyclic amines) is 1. The summed E-state index contributed by atoms with van der Waals surface area (Å²) in [6, 6.07) is 7.72. The Hall–Kier alpha value is -1.63. The van der Waals surface area contributed by atoms with Crippen LogP contribution in [0.2, 0.25) is 4.47 Å². The van der Waals surface area contributed by atoms with E-state index in [4.69, 9.17) is 11.6 Å². The quantitative estimate of drug-likeness (QED) is 0.837. The van der Waals surface area contributed by atoms with Gasteiger partial charge in [-0.15, -0.1) is 11.3 Å². The molecule has 1 aliphatic rings. The minimum atomic E-state index is 0.0296. The Labute approximate surface area is 144 Å². The third kappa shape index (κ3) is 4.67. The van der Waals surface area contributed by atoms with Crippen molar-refractivity contribution in [2.75, 3.05) is 30.3 Å². The Bertz CT molecular complexity index is 670. The van der Waals surface area contributed by atoms with Crippen LogP contribution in [0.5, 0.6) is 0 Å². The van der Waals surface area contributed by atoms with E-state index >= 15 is 0 Å². The first-order chi connectivity index (χ1) is 11.2. The average Bonchev–Trinajstić information content (AvgIpc) is 3.18. The molecule has 0 unspecified atom stereocenters. The number of hydrogen-bond acceptors (Lipinski definition) is 5. The van der Waals surface area contributed by atoms with Gasteiger partial charge in [0.25, 0.3) is 0 Å². The zero-order chi connectivity index (χ0) is 16.1. The Balaban J connectivity index is 1.59. The molecule has 1 aliphatic heterocycles. The summed E-state index contributed by atoms with van der Waals surface area (Å²) in [5.41, 5.74) is 1.69. The number of thiazole rings is 1. The van der Waals surface area contributed by atoms with Gasteiger partial charge >= 0.3 is 0 Å². The van der Waals surface area contributed by atoms with Crippen molar-refractivity contribution in [1.82, 2.24) is 9.88 Å². The predicted octanol–water partition coefficient (Wildman–Crippen LogP) is 3.44. The van der Waals surface area contributed by atoms with Gasteiger partial charge in [0, 0.05) is 11.1 Å². The fourth-order valence-corrected chi connectivity index (χ4v) is 3.55. The van der Waals surface area contributed by atoms with Crippen LogP contribution in [0, 0.1) is 0 Å². The van der Waals surface area contributed by atoms with Crippen molar-refractivity contribution in [2.45, 2.75) is 19.4 Å². The van der Waals surface area contributed by atoms with Crippen LogP contribution in [-0.2, 0) is 11.3 Å². The molecule has 3 rings (SSSR count). The number of para-hydroxylation sites is 2. The summed E-state index contributed by atoms with van der Waals surface area (Å²) < 4.78 is 0.536. The third-order valence-electron chi connectivity index (χ3n) is 3.75. The molecule has 0 bridgehead atoms. The van der Waals surface area contributed by atoms with Crippen molar-refractivity contribution >= 4 is 40.2 Å². The van der Waals surface area contributed by atoms with Gasteiger partial charge in [0.2, 0.25) is 5.91 Å². The largest absolute Gasteiger partial charge is 0.378 e. The Morgan fingerprint density at radius 2 is 2.00 bits per heavy atom. The van der Waals surface area contributed by atoms with Crippen molar-refractivity contribution in [3.05, 3.63) is 39.8 Å². The Kier molecular flexibility index (Phi) is 5.48. The van der Waals surface area contributed by atoms with Crippen LogP contribution < -0.4 is 10.6 Å². The van der Waals surface area contributed by atoms with Gasteiger partial charge in [-0.1, -0.05) is 23.7 Å². The van der Waals surface area contributed by atoms with Crippen molar-refractivity contribution in [2.24, 2.45) is 0 Å². The zero-order valence-corrected chi connectivity index (χ0v) is 14.3. The van der Waals surface area contributed by atoms with Crippen LogP contribution in [-0.4, -0.2) is 35.4 Å². The minimum absolute atomic E-state index is 0.0296. The fraction of sp³-hybridized carbons (Fsp3) is 0.375. The second-order valence-electron chi connectivity index (χ2n) is 5.51. The summed E-state index contributed by atoms with van der Waals surface area (Å²) in [6.45, 7) is 3.11. The van der Waals surface area contributed by atoms with Gasteiger partial charge in [-0.05, 0) is 38.1 Å². The maximum Gasteiger partial charge on any atom is 0.238 e. The molecular formula is C16H19ClN4OS. The first kappa shape index (κ1) is 16.2. The van der Waals surface area contributed by atoms with E-state index in [9.17, 15) is 4.79 Å². The van der Waals surface area contributed by atoms with Crippen molar-refractivity contribution in [3.63, 3.8) is 0 Å². The number of nitrogens with one attached hydrogen (secondary N) is 2. The van der Waals surface area contributed by atoms with Crippen LogP contribution >= 0.6 is 22.9 Å². The summed E-state index contributed by atoms with van der Waals surface area (Å²) in [7, 11) is 0. The van der Waals surface area contributed by atoms with Gasteiger partial charge in [0.1, 0.15) is 0 Å². The fourth-order valence-electron chi connectivity index (χ4n) is 2.63. The molecule has 122 valence electrons. The van der Waals surface area contributed by atoms with E-state index in [0.29, 0.717) is 17.6 Å². The molecule has 0 aliphatic carbocycles. The molecule has 1 aromatic heterocycles. The molecule has 23 heavy (non-hydrogen) atoms. The Morgan fingerprint density at radius 1 is 1.26 bits per heavy atom. The van der Waals surface area contributed by atoms with Crippen molar-refractivity contribution in [1.29, 1.82) is 0 Å². The summed E-state index contributed by atoms with van der Waals surface area (Å²) in [4.78, 5) is 19.5. The molecule has 1 saturated heterocycles. The summed E-state index contributed by atoms with van der Waals surface area (Å²) in [6.07, 6.45) is 4.13. The maximum absolute atomic E-state index is 12.2. The van der Waals surface area contributed by atoms with Crippen LogP contribution in [0.15, 0.2) is 30.5 Å². The number of rotatable bonds is 6. The molecule has 2 aromatic rings. The lowest BCUT2D eigenvalue weighted by Gasteiger charge is -2.16. The first-order valence-electron chi connectivity index (χ1n) is 7.66. The van der Waals surface area contributed by atoms with Crippen LogP contribution in [0.25, 0.3) is 0 Å². The number of nitrogens with zero attached hydrogens (tertiary/aromatic N) is 2. The number of carbonyl (C=O) groups excluding carboxylic acids is 1. The van der Waals surface area contributed by atoms with Crippen molar-refractivity contribution in [3.8, 4) is 0 Å². The van der Waals surface area contributed by atoms with Crippen molar-refractivity contribution < 1.29 is 4.79 Å². The highest BCUT2D eigenvalue weighted by molar-refractivity contribution is 7.15. The minimum Gasteiger partial charge on any atom is -0.378 e. The second kappa shape index (κ2) is 7.77. The number of benzene rings is 1. The smallest absolute Gasteiger partial charge is 0.238 e. The highest BCUT2D eigenvalue weighted by atomic mass is 35.5. The van der Waals surface area contributed by atoms with Gasteiger partial charge < -0.3 is 10.6 Å². The van der Waals surface area contributed by atoms with E-state index in [1.54, 1.807) is 6.20 Å². The summed E-state index contributed by atoms with van der Waals surface area (Å²) >= 11 is 7.29.